The molecular weight excluding hydrogens is 252 g/mol. The molecule has 0 saturated heterocycles. The number of hydrogen-bond acceptors (Lipinski definition) is 4. The third kappa shape index (κ3) is 3.02. The van der Waals surface area contributed by atoms with Crippen LogP contribution < -0.4 is 10.5 Å². The molecule has 100 valence electrons. The lowest BCUT2D eigenvalue weighted by molar-refractivity contribution is 0.330. The first-order chi connectivity index (χ1) is 8.43. The lowest BCUT2D eigenvalue weighted by Crippen LogP contribution is -2.27. The number of sulfonamides is 1. The number of likely N-dealkylation sites (N-methyl/N-ethyl adjacent to an activating group) is 1. The van der Waals surface area contributed by atoms with E-state index in [9.17, 15) is 8.42 Å². The molecule has 0 saturated carbocycles. The molecular formula is C12H18N2O3S. The summed E-state index contributed by atoms with van der Waals surface area (Å²) < 4.78 is 31.1. The maximum absolute atomic E-state index is 12.3. The van der Waals surface area contributed by atoms with E-state index in [1.807, 2.05) is 0 Å². The lowest BCUT2D eigenvalue weighted by atomic mass is 10.3. The van der Waals surface area contributed by atoms with Crippen molar-refractivity contribution in [3.63, 3.8) is 0 Å². The predicted octanol–water partition coefficient (Wildman–Crippen LogP) is 1.47. The van der Waals surface area contributed by atoms with Crippen LogP contribution in [0, 0.1) is 0 Å². The highest BCUT2D eigenvalue weighted by Gasteiger charge is 2.24. The van der Waals surface area contributed by atoms with Gasteiger partial charge in [-0.1, -0.05) is 6.08 Å². The van der Waals surface area contributed by atoms with Gasteiger partial charge in [-0.15, -0.1) is 6.58 Å². The molecule has 6 heteroatoms. The Morgan fingerprint density at radius 1 is 1.50 bits per heavy atom. The van der Waals surface area contributed by atoms with Gasteiger partial charge in [0.1, 0.15) is 10.6 Å². The molecule has 0 radical (unpaired) electrons. The average molecular weight is 270 g/mol. The van der Waals surface area contributed by atoms with Crippen molar-refractivity contribution in [1.82, 2.24) is 4.31 Å². The minimum Gasteiger partial charge on any atom is -0.492 e. The molecule has 0 aromatic heterocycles. The number of nitrogen functional groups attached to an aromatic ring is 1. The van der Waals surface area contributed by atoms with E-state index in [1.165, 1.54) is 23.5 Å². The zero-order valence-corrected chi connectivity index (χ0v) is 11.4. The zero-order valence-electron chi connectivity index (χ0n) is 10.6. The number of hydrogen-bond donors (Lipinski definition) is 1. The summed E-state index contributed by atoms with van der Waals surface area (Å²) in [5, 5.41) is 0. The van der Waals surface area contributed by atoms with Gasteiger partial charge in [0, 0.05) is 19.3 Å². The predicted molar refractivity (Wildman–Crippen MR) is 72.0 cm³/mol. The Morgan fingerprint density at radius 2 is 2.17 bits per heavy atom. The van der Waals surface area contributed by atoms with E-state index in [1.54, 1.807) is 19.1 Å². The standard InChI is InChI=1S/C12H18N2O3S/c1-4-8-14(3)18(15,16)12-9-10(13)6-7-11(12)17-5-2/h4,6-7,9H,1,5,8,13H2,2-3H3. The van der Waals surface area contributed by atoms with E-state index in [4.69, 9.17) is 10.5 Å². The number of ether oxygens (including phenoxy) is 1. The van der Waals surface area contributed by atoms with Gasteiger partial charge in [0.25, 0.3) is 0 Å². The lowest BCUT2D eigenvalue weighted by Gasteiger charge is -2.18. The number of nitrogens with two attached hydrogens (primary N) is 1. The number of nitrogens with zero attached hydrogens (tertiary/aromatic N) is 1. The molecule has 0 aliphatic heterocycles. The summed E-state index contributed by atoms with van der Waals surface area (Å²) in [6.07, 6.45) is 1.52. The highest BCUT2D eigenvalue weighted by atomic mass is 32.2. The molecule has 5 nitrogen and oxygen atoms in total. The molecule has 2 N–H and O–H groups in total. The molecule has 0 fully saturated rings. The minimum absolute atomic E-state index is 0.0775. The van der Waals surface area contributed by atoms with Crippen molar-refractivity contribution in [2.45, 2.75) is 11.8 Å². The van der Waals surface area contributed by atoms with Crippen LogP contribution in [-0.2, 0) is 10.0 Å². The molecule has 0 spiro atoms. The highest BCUT2D eigenvalue weighted by Crippen LogP contribution is 2.28. The Hall–Kier alpha value is -1.53. The first-order valence-corrected chi connectivity index (χ1v) is 6.97. The molecule has 0 unspecified atom stereocenters. The summed E-state index contributed by atoms with van der Waals surface area (Å²) in [5.74, 6) is 0.308. The van der Waals surface area contributed by atoms with Gasteiger partial charge < -0.3 is 10.5 Å². The van der Waals surface area contributed by atoms with Crippen molar-refractivity contribution in [2.75, 3.05) is 25.9 Å². The highest BCUT2D eigenvalue weighted by molar-refractivity contribution is 7.89. The van der Waals surface area contributed by atoms with Gasteiger partial charge in [-0.2, -0.15) is 4.31 Å². The fourth-order valence-electron chi connectivity index (χ4n) is 1.45. The molecule has 1 rings (SSSR count). The van der Waals surface area contributed by atoms with Crippen molar-refractivity contribution in [3.05, 3.63) is 30.9 Å². The van der Waals surface area contributed by atoms with Crippen LogP contribution in [0.4, 0.5) is 5.69 Å². The van der Waals surface area contributed by atoms with Crippen LogP contribution in [0.2, 0.25) is 0 Å². The summed E-state index contributed by atoms with van der Waals surface area (Å²) in [5.41, 5.74) is 6.01. The van der Waals surface area contributed by atoms with Crippen LogP contribution in [0.1, 0.15) is 6.92 Å². The van der Waals surface area contributed by atoms with E-state index in [2.05, 4.69) is 6.58 Å². The Kier molecular flexibility index (Phi) is 4.75. The first-order valence-electron chi connectivity index (χ1n) is 5.53. The smallest absolute Gasteiger partial charge is 0.246 e. The molecule has 0 aliphatic carbocycles. The third-order valence-electron chi connectivity index (χ3n) is 2.34. The normalized spacial score (nSPS) is 11.5. The fourth-order valence-corrected chi connectivity index (χ4v) is 2.75. The SMILES string of the molecule is C=CCN(C)S(=O)(=O)c1cc(N)ccc1OCC. The quantitative estimate of drug-likeness (QED) is 0.627. The topological polar surface area (TPSA) is 72.6 Å². The first kappa shape index (κ1) is 14.5. The second-order valence-electron chi connectivity index (χ2n) is 3.71. The Balaban J connectivity index is 3.29. The molecule has 0 atom stereocenters. The molecule has 0 heterocycles. The Morgan fingerprint density at radius 3 is 2.72 bits per heavy atom. The average Bonchev–Trinajstić information content (AvgIpc) is 2.32. The number of benzene rings is 1. The minimum atomic E-state index is -3.62. The number of anilines is 1. The second kappa shape index (κ2) is 5.88. The fraction of sp³-hybridized carbons (Fsp3) is 0.333. The van der Waals surface area contributed by atoms with E-state index in [0.29, 0.717) is 18.0 Å². The van der Waals surface area contributed by atoms with E-state index in [0.717, 1.165) is 0 Å². The van der Waals surface area contributed by atoms with Gasteiger partial charge in [0.15, 0.2) is 0 Å². The van der Waals surface area contributed by atoms with Crippen LogP contribution in [0.25, 0.3) is 0 Å². The van der Waals surface area contributed by atoms with Gasteiger partial charge in [0.05, 0.1) is 6.61 Å². The van der Waals surface area contributed by atoms with E-state index < -0.39 is 10.0 Å². The number of rotatable bonds is 6. The Bertz CT molecular complexity index is 526. The molecule has 1 aromatic rings. The van der Waals surface area contributed by atoms with Gasteiger partial charge in [-0.05, 0) is 25.1 Å². The summed E-state index contributed by atoms with van der Waals surface area (Å²) in [6.45, 7) is 5.93. The molecule has 0 bridgehead atoms. The molecule has 1 aromatic carbocycles. The largest absolute Gasteiger partial charge is 0.492 e. The van der Waals surface area contributed by atoms with Gasteiger partial charge in [0.2, 0.25) is 10.0 Å². The van der Waals surface area contributed by atoms with E-state index >= 15 is 0 Å². The maximum atomic E-state index is 12.3. The van der Waals surface area contributed by atoms with E-state index in [-0.39, 0.29) is 11.4 Å². The summed E-state index contributed by atoms with van der Waals surface area (Å²) in [6, 6.07) is 4.57. The summed E-state index contributed by atoms with van der Waals surface area (Å²) >= 11 is 0. The second-order valence-corrected chi connectivity index (χ2v) is 5.73. The van der Waals surface area contributed by atoms with Crippen molar-refractivity contribution in [1.29, 1.82) is 0 Å². The summed E-state index contributed by atoms with van der Waals surface area (Å²) in [4.78, 5) is 0.0775. The molecule has 18 heavy (non-hydrogen) atoms. The van der Waals surface area contributed by atoms with Crippen molar-refractivity contribution >= 4 is 15.7 Å². The van der Waals surface area contributed by atoms with Gasteiger partial charge in [-0.3, -0.25) is 0 Å². The van der Waals surface area contributed by atoms with Crippen LogP contribution in [0.3, 0.4) is 0 Å². The van der Waals surface area contributed by atoms with Crippen LogP contribution in [-0.4, -0.2) is 32.9 Å². The van der Waals surface area contributed by atoms with Crippen molar-refractivity contribution in [2.24, 2.45) is 0 Å². The monoisotopic (exact) mass is 270 g/mol. The third-order valence-corrected chi connectivity index (χ3v) is 4.19. The zero-order chi connectivity index (χ0) is 13.8. The van der Waals surface area contributed by atoms with Crippen LogP contribution in [0.5, 0.6) is 5.75 Å². The maximum Gasteiger partial charge on any atom is 0.246 e. The summed E-state index contributed by atoms with van der Waals surface area (Å²) in [7, 11) is -2.14. The van der Waals surface area contributed by atoms with Gasteiger partial charge >= 0.3 is 0 Å². The van der Waals surface area contributed by atoms with Gasteiger partial charge in [-0.25, -0.2) is 8.42 Å². The van der Waals surface area contributed by atoms with Crippen LogP contribution in [0.15, 0.2) is 35.7 Å². The molecule has 0 amide bonds. The van der Waals surface area contributed by atoms with Crippen LogP contribution >= 0.6 is 0 Å². The molecule has 0 aliphatic rings. The Labute approximate surface area is 108 Å². The van der Waals surface area contributed by atoms with Crippen molar-refractivity contribution in [3.8, 4) is 5.75 Å². The van der Waals surface area contributed by atoms with Crippen molar-refractivity contribution < 1.29 is 13.2 Å².